The number of hydrogen-bond donors (Lipinski definition) is 2. The van der Waals surface area contributed by atoms with Gasteiger partial charge in [-0.1, -0.05) is 27.2 Å². The third-order valence-electron chi connectivity index (χ3n) is 4.10. The van der Waals surface area contributed by atoms with Crippen LogP contribution in [0.1, 0.15) is 55.7 Å². The van der Waals surface area contributed by atoms with Gasteiger partial charge in [0.05, 0.1) is 5.56 Å². The molecule has 2 rings (SSSR count). The van der Waals surface area contributed by atoms with Crippen LogP contribution in [0.15, 0.2) is 17.3 Å². The SMILES string of the molecule is CCCc1cnc(C2=NC(C)(C(C)C)C(=O)N2)c(C(=O)O)c1. The van der Waals surface area contributed by atoms with Crippen LogP contribution in [0.4, 0.5) is 0 Å². The second-order valence-electron chi connectivity index (χ2n) is 6.01. The Morgan fingerprint density at radius 1 is 1.45 bits per heavy atom. The van der Waals surface area contributed by atoms with E-state index < -0.39 is 11.5 Å². The Bertz CT molecular complexity index is 652. The summed E-state index contributed by atoms with van der Waals surface area (Å²) in [6.45, 7) is 7.57. The maximum atomic E-state index is 12.2. The number of carbonyl (C=O) groups is 2. The van der Waals surface area contributed by atoms with Crippen LogP contribution in [-0.4, -0.2) is 33.3 Å². The predicted octanol–water partition coefficient (Wildman–Crippen LogP) is 2.02. The number of aromatic nitrogens is 1. The molecule has 1 aromatic heterocycles. The monoisotopic (exact) mass is 303 g/mol. The number of nitrogens with one attached hydrogen (secondary N) is 1. The highest BCUT2D eigenvalue weighted by atomic mass is 16.4. The Balaban J connectivity index is 2.49. The quantitative estimate of drug-likeness (QED) is 0.870. The van der Waals surface area contributed by atoms with E-state index in [1.807, 2.05) is 20.8 Å². The van der Waals surface area contributed by atoms with Gasteiger partial charge >= 0.3 is 5.97 Å². The molecule has 2 heterocycles. The molecule has 0 radical (unpaired) electrons. The summed E-state index contributed by atoms with van der Waals surface area (Å²) in [6.07, 6.45) is 3.31. The van der Waals surface area contributed by atoms with Crippen LogP contribution in [0.2, 0.25) is 0 Å². The fraction of sp³-hybridized carbons (Fsp3) is 0.500. The molecular formula is C16H21N3O3. The van der Waals surface area contributed by atoms with Gasteiger partial charge < -0.3 is 10.4 Å². The topological polar surface area (TPSA) is 91.7 Å². The molecule has 118 valence electrons. The molecule has 22 heavy (non-hydrogen) atoms. The Hall–Kier alpha value is -2.24. The minimum atomic E-state index is -1.07. The molecule has 1 amide bonds. The molecule has 0 saturated carbocycles. The number of carbonyl (C=O) groups excluding carboxylic acids is 1. The van der Waals surface area contributed by atoms with Crippen molar-refractivity contribution in [3.05, 3.63) is 29.1 Å². The van der Waals surface area contributed by atoms with Crippen molar-refractivity contribution < 1.29 is 14.7 Å². The third kappa shape index (κ3) is 2.73. The second kappa shape index (κ2) is 5.87. The normalized spacial score (nSPS) is 21.0. The summed E-state index contributed by atoms with van der Waals surface area (Å²) in [6, 6.07) is 1.61. The maximum Gasteiger partial charge on any atom is 0.338 e. The molecule has 0 spiro atoms. The first-order valence-electron chi connectivity index (χ1n) is 7.43. The van der Waals surface area contributed by atoms with E-state index in [1.54, 1.807) is 19.2 Å². The van der Waals surface area contributed by atoms with Crippen LogP contribution in [0, 0.1) is 5.92 Å². The lowest BCUT2D eigenvalue weighted by atomic mass is 9.89. The number of aliphatic imine (C=N–C) groups is 1. The molecular weight excluding hydrogens is 282 g/mol. The van der Waals surface area contributed by atoms with E-state index in [2.05, 4.69) is 15.3 Å². The summed E-state index contributed by atoms with van der Waals surface area (Å²) in [5, 5.41) is 12.1. The molecule has 6 nitrogen and oxygen atoms in total. The standard InChI is InChI=1S/C16H21N3O3/c1-5-6-10-7-11(14(20)21)12(17-8-10)13-18-15(22)16(4,19-13)9(2)3/h7-9H,5-6H2,1-4H3,(H,20,21)(H,18,19,22). The first-order chi connectivity index (χ1) is 10.3. The van der Waals surface area contributed by atoms with Gasteiger partial charge in [-0.3, -0.25) is 9.78 Å². The van der Waals surface area contributed by atoms with Gasteiger partial charge in [0, 0.05) is 6.20 Å². The second-order valence-corrected chi connectivity index (χ2v) is 6.01. The molecule has 1 unspecified atom stereocenters. The molecule has 1 aromatic rings. The zero-order chi connectivity index (χ0) is 16.5. The van der Waals surface area contributed by atoms with Crippen molar-refractivity contribution in [1.29, 1.82) is 0 Å². The van der Waals surface area contributed by atoms with Gasteiger partial charge in [0.25, 0.3) is 5.91 Å². The van der Waals surface area contributed by atoms with Gasteiger partial charge in [0.1, 0.15) is 11.2 Å². The zero-order valence-electron chi connectivity index (χ0n) is 13.3. The fourth-order valence-electron chi connectivity index (χ4n) is 2.33. The number of pyridine rings is 1. The Labute approximate surface area is 129 Å². The Kier molecular flexibility index (Phi) is 4.30. The molecule has 0 aromatic carbocycles. The number of hydrogen-bond acceptors (Lipinski definition) is 4. The number of amidine groups is 1. The Morgan fingerprint density at radius 3 is 2.64 bits per heavy atom. The summed E-state index contributed by atoms with van der Waals surface area (Å²) >= 11 is 0. The number of rotatable bonds is 5. The van der Waals surface area contributed by atoms with Crippen LogP contribution in [0.5, 0.6) is 0 Å². The van der Waals surface area contributed by atoms with Crippen LogP contribution < -0.4 is 5.32 Å². The summed E-state index contributed by atoms with van der Waals surface area (Å²) in [5.74, 6) is -1.07. The predicted molar refractivity (Wildman–Crippen MR) is 83.1 cm³/mol. The van der Waals surface area contributed by atoms with E-state index in [0.717, 1.165) is 18.4 Å². The van der Waals surface area contributed by atoms with Gasteiger partial charge in [-0.2, -0.15) is 0 Å². The van der Waals surface area contributed by atoms with Gasteiger partial charge in [-0.15, -0.1) is 0 Å². The van der Waals surface area contributed by atoms with Gasteiger partial charge in [0.2, 0.25) is 0 Å². The van der Waals surface area contributed by atoms with Crippen LogP contribution in [0.25, 0.3) is 0 Å². The van der Waals surface area contributed by atoms with E-state index >= 15 is 0 Å². The summed E-state index contributed by atoms with van der Waals surface area (Å²) in [7, 11) is 0. The highest BCUT2D eigenvalue weighted by Gasteiger charge is 2.43. The molecule has 0 fully saturated rings. The van der Waals surface area contributed by atoms with Crippen molar-refractivity contribution in [2.75, 3.05) is 0 Å². The van der Waals surface area contributed by atoms with E-state index in [9.17, 15) is 14.7 Å². The number of amides is 1. The fourth-order valence-corrected chi connectivity index (χ4v) is 2.33. The molecule has 2 N–H and O–H groups in total. The third-order valence-corrected chi connectivity index (χ3v) is 4.10. The van der Waals surface area contributed by atoms with Crippen molar-refractivity contribution in [2.24, 2.45) is 10.9 Å². The van der Waals surface area contributed by atoms with Crippen molar-refractivity contribution in [3.63, 3.8) is 0 Å². The van der Waals surface area contributed by atoms with Gasteiger partial charge in [-0.05, 0) is 30.9 Å². The Morgan fingerprint density at radius 2 is 2.14 bits per heavy atom. The van der Waals surface area contributed by atoms with Crippen molar-refractivity contribution in [3.8, 4) is 0 Å². The number of carboxylic acids is 1. The number of carboxylic acid groups (broad SMARTS) is 1. The lowest BCUT2D eigenvalue weighted by molar-refractivity contribution is -0.124. The van der Waals surface area contributed by atoms with Crippen LogP contribution in [0.3, 0.4) is 0 Å². The first kappa shape index (κ1) is 16.1. The molecule has 0 bridgehead atoms. The molecule has 0 saturated heterocycles. The molecule has 1 aliphatic rings. The van der Waals surface area contributed by atoms with Crippen LogP contribution in [-0.2, 0) is 11.2 Å². The van der Waals surface area contributed by atoms with Crippen LogP contribution >= 0.6 is 0 Å². The van der Waals surface area contributed by atoms with Crippen molar-refractivity contribution >= 4 is 17.7 Å². The number of nitrogens with zero attached hydrogens (tertiary/aromatic N) is 2. The number of aromatic carboxylic acids is 1. The van der Waals surface area contributed by atoms with E-state index in [1.165, 1.54) is 0 Å². The van der Waals surface area contributed by atoms with Gasteiger partial charge in [0.15, 0.2) is 5.84 Å². The molecule has 1 aliphatic heterocycles. The lowest BCUT2D eigenvalue weighted by Crippen LogP contribution is -2.41. The molecule has 6 heteroatoms. The lowest BCUT2D eigenvalue weighted by Gasteiger charge is -2.21. The zero-order valence-corrected chi connectivity index (χ0v) is 13.3. The summed E-state index contributed by atoms with van der Waals surface area (Å²) < 4.78 is 0. The molecule has 0 aliphatic carbocycles. The van der Waals surface area contributed by atoms with Crippen molar-refractivity contribution in [1.82, 2.24) is 10.3 Å². The van der Waals surface area contributed by atoms with E-state index in [0.29, 0.717) is 0 Å². The number of aryl methyl sites for hydroxylation is 1. The summed E-state index contributed by atoms with van der Waals surface area (Å²) in [5.41, 5.74) is 0.248. The minimum Gasteiger partial charge on any atom is -0.478 e. The first-order valence-corrected chi connectivity index (χ1v) is 7.43. The minimum absolute atomic E-state index is 0.00218. The van der Waals surface area contributed by atoms with E-state index in [-0.39, 0.29) is 28.9 Å². The van der Waals surface area contributed by atoms with Gasteiger partial charge in [-0.25, -0.2) is 9.79 Å². The van der Waals surface area contributed by atoms with E-state index in [4.69, 9.17) is 0 Å². The summed E-state index contributed by atoms with van der Waals surface area (Å²) in [4.78, 5) is 32.3. The average molecular weight is 303 g/mol. The highest BCUT2D eigenvalue weighted by molar-refractivity contribution is 6.17. The van der Waals surface area contributed by atoms with Crippen molar-refractivity contribution in [2.45, 2.75) is 46.1 Å². The maximum absolute atomic E-state index is 12.2. The average Bonchev–Trinajstić information content (AvgIpc) is 2.76. The highest BCUT2D eigenvalue weighted by Crippen LogP contribution is 2.27. The largest absolute Gasteiger partial charge is 0.478 e. The smallest absolute Gasteiger partial charge is 0.338 e. The molecule has 1 atom stereocenters.